The number of esters is 1. The van der Waals surface area contributed by atoms with Gasteiger partial charge in [0.05, 0.1) is 7.11 Å². The number of hydrogen-bond acceptors (Lipinski definition) is 3. The maximum absolute atomic E-state index is 10.9. The molecule has 0 fully saturated rings. The number of carbonyl (C=O) groups excluding carboxylic acids is 1. The second-order valence-corrected chi connectivity index (χ2v) is 3.23. The molecule has 0 aromatic heterocycles. The van der Waals surface area contributed by atoms with Gasteiger partial charge in [-0.05, 0) is 12.3 Å². The standard InChI is InChI=1S/C10H16O3/c1-5-8(6-7(2)3)9(11)10(12)13-4/h7,9,11H,1,6H2,2-4H3/t9-/m1/s1. The van der Waals surface area contributed by atoms with Gasteiger partial charge in [-0.15, -0.1) is 5.73 Å². The maximum Gasteiger partial charge on any atom is 0.339 e. The number of rotatable bonds is 4. The van der Waals surface area contributed by atoms with Crippen molar-refractivity contribution >= 4 is 5.97 Å². The van der Waals surface area contributed by atoms with Gasteiger partial charge >= 0.3 is 5.97 Å². The van der Waals surface area contributed by atoms with Gasteiger partial charge < -0.3 is 9.84 Å². The molecule has 0 heterocycles. The Hall–Kier alpha value is -1.05. The third-order valence-corrected chi connectivity index (χ3v) is 1.61. The molecule has 0 aromatic rings. The molecular weight excluding hydrogens is 168 g/mol. The Kier molecular flexibility index (Phi) is 5.12. The molecule has 0 aliphatic carbocycles. The fourth-order valence-corrected chi connectivity index (χ4v) is 0.974. The molecule has 0 saturated heterocycles. The zero-order valence-electron chi connectivity index (χ0n) is 8.33. The van der Waals surface area contributed by atoms with Crippen molar-refractivity contribution in [2.45, 2.75) is 26.4 Å². The van der Waals surface area contributed by atoms with Crippen LogP contribution in [0.3, 0.4) is 0 Å². The minimum absolute atomic E-state index is 0.351. The smallest absolute Gasteiger partial charge is 0.339 e. The Morgan fingerprint density at radius 1 is 1.62 bits per heavy atom. The summed E-state index contributed by atoms with van der Waals surface area (Å²) in [6.07, 6.45) is -0.621. The second kappa shape index (κ2) is 5.57. The average Bonchev–Trinajstić information content (AvgIpc) is 2.11. The lowest BCUT2D eigenvalue weighted by molar-refractivity contribution is -0.148. The predicted molar refractivity (Wildman–Crippen MR) is 50.1 cm³/mol. The normalized spacial score (nSPS) is 12.1. The van der Waals surface area contributed by atoms with Crippen LogP contribution in [0.15, 0.2) is 17.9 Å². The van der Waals surface area contributed by atoms with Crippen molar-refractivity contribution in [2.24, 2.45) is 5.92 Å². The van der Waals surface area contributed by atoms with Crippen LogP contribution in [0.2, 0.25) is 0 Å². The number of carbonyl (C=O) groups is 1. The Balaban J connectivity index is 4.43. The third kappa shape index (κ3) is 3.92. The first-order chi connectivity index (χ1) is 6.02. The first-order valence-electron chi connectivity index (χ1n) is 4.17. The predicted octanol–water partition coefficient (Wildman–Crippen LogP) is 1.28. The van der Waals surface area contributed by atoms with Crippen molar-refractivity contribution in [1.29, 1.82) is 0 Å². The van der Waals surface area contributed by atoms with Crippen molar-refractivity contribution in [3.8, 4) is 0 Å². The zero-order chi connectivity index (χ0) is 10.4. The van der Waals surface area contributed by atoms with Crippen LogP contribution >= 0.6 is 0 Å². The molecule has 0 saturated carbocycles. The van der Waals surface area contributed by atoms with Gasteiger partial charge in [0.25, 0.3) is 0 Å². The number of methoxy groups -OCH3 is 1. The molecule has 0 bridgehead atoms. The Labute approximate surface area is 78.7 Å². The highest BCUT2D eigenvalue weighted by molar-refractivity contribution is 5.77. The summed E-state index contributed by atoms with van der Waals surface area (Å²) in [4.78, 5) is 10.9. The van der Waals surface area contributed by atoms with E-state index in [9.17, 15) is 9.90 Å². The van der Waals surface area contributed by atoms with Crippen molar-refractivity contribution < 1.29 is 14.6 Å². The Morgan fingerprint density at radius 3 is 2.46 bits per heavy atom. The lowest BCUT2D eigenvalue weighted by Crippen LogP contribution is -2.24. The molecule has 1 N–H and O–H groups in total. The number of aliphatic hydroxyl groups is 1. The quantitative estimate of drug-likeness (QED) is 0.529. The molecule has 0 amide bonds. The lowest BCUT2D eigenvalue weighted by atomic mass is 9.99. The first kappa shape index (κ1) is 11.9. The van der Waals surface area contributed by atoms with E-state index in [1.54, 1.807) is 0 Å². The summed E-state index contributed by atoms with van der Waals surface area (Å²) in [6, 6.07) is 0. The van der Waals surface area contributed by atoms with Gasteiger partial charge in [0.2, 0.25) is 0 Å². The van der Waals surface area contributed by atoms with Gasteiger partial charge in [0, 0.05) is 5.57 Å². The molecule has 3 heteroatoms. The fraction of sp³-hybridized carbons (Fsp3) is 0.600. The molecule has 3 nitrogen and oxygen atoms in total. The van der Waals surface area contributed by atoms with Crippen LogP contribution in [-0.4, -0.2) is 24.3 Å². The van der Waals surface area contributed by atoms with Crippen molar-refractivity contribution in [3.05, 3.63) is 17.9 Å². The van der Waals surface area contributed by atoms with Crippen LogP contribution < -0.4 is 0 Å². The van der Waals surface area contributed by atoms with E-state index in [1.807, 2.05) is 13.8 Å². The lowest BCUT2D eigenvalue weighted by Gasteiger charge is -2.12. The number of ether oxygens (including phenoxy) is 1. The molecule has 1 atom stereocenters. The van der Waals surface area contributed by atoms with E-state index in [4.69, 9.17) is 0 Å². The number of hydrogen-bond donors (Lipinski definition) is 1. The largest absolute Gasteiger partial charge is 0.467 e. The summed E-state index contributed by atoms with van der Waals surface area (Å²) in [7, 11) is 1.24. The van der Waals surface area contributed by atoms with E-state index in [1.165, 1.54) is 7.11 Å². The molecule has 74 valence electrons. The number of aliphatic hydroxyl groups excluding tert-OH is 1. The van der Waals surface area contributed by atoms with E-state index in [-0.39, 0.29) is 0 Å². The molecule has 0 unspecified atom stereocenters. The van der Waals surface area contributed by atoms with E-state index in [2.05, 4.69) is 17.0 Å². The van der Waals surface area contributed by atoms with Gasteiger partial charge in [-0.25, -0.2) is 4.79 Å². The molecule has 0 rings (SSSR count). The molecule has 0 radical (unpaired) electrons. The van der Waals surface area contributed by atoms with Crippen molar-refractivity contribution in [3.63, 3.8) is 0 Å². The van der Waals surface area contributed by atoms with Crippen LogP contribution in [0.4, 0.5) is 0 Å². The molecule has 0 aromatic carbocycles. The van der Waals surface area contributed by atoms with Gasteiger partial charge in [-0.2, -0.15) is 0 Å². The van der Waals surface area contributed by atoms with Crippen LogP contribution in [0.25, 0.3) is 0 Å². The molecule has 0 aliphatic heterocycles. The highest BCUT2D eigenvalue weighted by Gasteiger charge is 2.20. The highest BCUT2D eigenvalue weighted by Crippen LogP contribution is 2.13. The van der Waals surface area contributed by atoms with Crippen LogP contribution in [0.1, 0.15) is 20.3 Å². The maximum atomic E-state index is 10.9. The topological polar surface area (TPSA) is 46.5 Å². The molecule has 0 aliphatic rings. The van der Waals surface area contributed by atoms with E-state index in [0.717, 1.165) is 0 Å². The van der Waals surface area contributed by atoms with Gasteiger partial charge in [-0.3, -0.25) is 0 Å². The van der Waals surface area contributed by atoms with E-state index in [0.29, 0.717) is 17.9 Å². The summed E-state index contributed by atoms with van der Waals surface area (Å²) < 4.78 is 4.40. The summed E-state index contributed by atoms with van der Waals surface area (Å²) in [6.45, 7) is 7.40. The average molecular weight is 184 g/mol. The Bertz CT molecular complexity index is 224. The van der Waals surface area contributed by atoms with E-state index >= 15 is 0 Å². The monoisotopic (exact) mass is 184 g/mol. The summed E-state index contributed by atoms with van der Waals surface area (Å²) >= 11 is 0. The summed E-state index contributed by atoms with van der Waals surface area (Å²) in [5, 5.41) is 9.41. The van der Waals surface area contributed by atoms with E-state index < -0.39 is 12.1 Å². The SMILES string of the molecule is C=C=C(CC(C)C)[C@@H](O)C(=O)OC. The first-order valence-corrected chi connectivity index (χ1v) is 4.17. The van der Waals surface area contributed by atoms with Crippen molar-refractivity contribution in [1.82, 2.24) is 0 Å². The zero-order valence-corrected chi connectivity index (χ0v) is 8.33. The summed E-state index contributed by atoms with van der Waals surface area (Å²) in [5.74, 6) is -0.310. The third-order valence-electron chi connectivity index (χ3n) is 1.61. The molecule has 13 heavy (non-hydrogen) atoms. The minimum atomic E-state index is -1.22. The van der Waals surface area contributed by atoms with Crippen LogP contribution in [0.5, 0.6) is 0 Å². The van der Waals surface area contributed by atoms with Crippen LogP contribution in [0, 0.1) is 5.92 Å². The highest BCUT2D eigenvalue weighted by atomic mass is 16.5. The van der Waals surface area contributed by atoms with Gasteiger partial charge in [0.1, 0.15) is 0 Å². The fourth-order valence-electron chi connectivity index (χ4n) is 0.974. The van der Waals surface area contributed by atoms with Gasteiger partial charge in [0.15, 0.2) is 6.10 Å². The van der Waals surface area contributed by atoms with Crippen molar-refractivity contribution in [2.75, 3.05) is 7.11 Å². The minimum Gasteiger partial charge on any atom is -0.467 e. The molecule has 0 spiro atoms. The summed E-state index contributed by atoms with van der Waals surface area (Å²) in [5.41, 5.74) is 3.05. The second-order valence-electron chi connectivity index (χ2n) is 3.23. The van der Waals surface area contributed by atoms with Crippen LogP contribution in [-0.2, 0) is 9.53 Å². The Morgan fingerprint density at radius 2 is 2.15 bits per heavy atom. The molecular formula is C10H16O3. The van der Waals surface area contributed by atoms with Gasteiger partial charge in [-0.1, -0.05) is 20.4 Å².